The number of benzene rings is 1. The van der Waals surface area contributed by atoms with Crippen LogP contribution in [-0.4, -0.2) is 31.7 Å². The molecule has 0 saturated carbocycles. The Bertz CT molecular complexity index is 1410. The minimum Gasteiger partial charge on any atom is -0.383 e. The number of carbonyl (C=O) groups excluding carboxylic acids is 1. The van der Waals surface area contributed by atoms with Gasteiger partial charge in [-0.25, -0.2) is 9.97 Å². The Balaban J connectivity index is 1.63. The van der Waals surface area contributed by atoms with Gasteiger partial charge < -0.3 is 11.1 Å². The van der Waals surface area contributed by atoms with Crippen LogP contribution in [0.4, 0.5) is 5.82 Å². The van der Waals surface area contributed by atoms with Crippen LogP contribution in [0.5, 0.6) is 0 Å². The summed E-state index contributed by atoms with van der Waals surface area (Å²) in [5, 5.41) is 9.37. The molecule has 0 atom stereocenters. The van der Waals surface area contributed by atoms with Crippen molar-refractivity contribution in [1.29, 1.82) is 0 Å². The van der Waals surface area contributed by atoms with Crippen molar-refractivity contribution in [2.24, 2.45) is 5.10 Å². The maximum atomic E-state index is 13.1. The number of carbonyl (C=O) groups is 1. The Morgan fingerprint density at radius 3 is 2.61 bits per heavy atom. The van der Waals surface area contributed by atoms with Crippen molar-refractivity contribution in [3.63, 3.8) is 0 Å². The van der Waals surface area contributed by atoms with Gasteiger partial charge >= 0.3 is 0 Å². The van der Waals surface area contributed by atoms with E-state index in [1.807, 2.05) is 53.9 Å². The lowest BCUT2D eigenvalue weighted by molar-refractivity contribution is 0.0953. The highest BCUT2D eigenvalue weighted by Crippen LogP contribution is 2.28. The normalized spacial score (nSPS) is 11.5. The molecule has 0 aliphatic carbocycles. The quantitative estimate of drug-likeness (QED) is 0.418. The average molecular weight is 427 g/mol. The number of hydrogen-bond donors (Lipinski definition) is 2. The number of nitrogen functional groups attached to an aromatic ring is 1. The monoisotopic (exact) mass is 427 g/mol. The standard InChI is InChI=1S/C22H17N7OS/c23-20-18(22(30)25-13-15-4-3-11-31-15)19-21(28-17-6-2-1-5-16(17)27-19)29(20)26-12-14-7-9-24-10-8-14/h1-12H,13,23H2,(H,25,30)/b26-12-. The number of fused-ring (bicyclic) bond motifs is 2. The summed E-state index contributed by atoms with van der Waals surface area (Å²) >= 11 is 1.57. The van der Waals surface area contributed by atoms with Crippen LogP contribution in [0.3, 0.4) is 0 Å². The minimum atomic E-state index is -0.321. The summed E-state index contributed by atoms with van der Waals surface area (Å²) in [7, 11) is 0. The Morgan fingerprint density at radius 2 is 1.87 bits per heavy atom. The Labute approximate surface area is 181 Å². The molecule has 5 aromatic rings. The summed E-state index contributed by atoms with van der Waals surface area (Å²) in [6.07, 6.45) is 4.99. The SMILES string of the molecule is Nc1c(C(=O)NCc2cccs2)c2nc3ccccc3nc2n1/N=C\c1ccncc1. The van der Waals surface area contributed by atoms with Crippen molar-refractivity contribution >= 4 is 51.5 Å². The van der Waals surface area contributed by atoms with Gasteiger partial charge in [-0.1, -0.05) is 18.2 Å². The molecule has 8 nitrogen and oxygen atoms in total. The zero-order valence-corrected chi connectivity index (χ0v) is 17.1. The summed E-state index contributed by atoms with van der Waals surface area (Å²) < 4.78 is 1.45. The summed E-state index contributed by atoms with van der Waals surface area (Å²) in [6.45, 7) is 0.407. The van der Waals surface area contributed by atoms with Gasteiger partial charge in [0.05, 0.1) is 23.8 Å². The number of pyridine rings is 1. The maximum absolute atomic E-state index is 13.1. The van der Waals surface area contributed by atoms with Crippen molar-refractivity contribution in [3.05, 3.63) is 82.3 Å². The van der Waals surface area contributed by atoms with Crippen molar-refractivity contribution in [3.8, 4) is 0 Å². The van der Waals surface area contributed by atoms with Gasteiger partial charge in [-0.2, -0.15) is 9.78 Å². The van der Waals surface area contributed by atoms with Crippen LogP contribution in [0, 0.1) is 0 Å². The van der Waals surface area contributed by atoms with Gasteiger partial charge in [0, 0.05) is 17.3 Å². The number of rotatable bonds is 5. The van der Waals surface area contributed by atoms with E-state index < -0.39 is 0 Å². The molecule has 9 heteroatoms. The molecule has 0 saturated heterocycles. The third-order valence-electron chi connectivity index (χ3n) is 4.73. The fourth-order valence-electron chi connectivity index (χ4n) is 3.23. The van der Waals surface area contributed by atoms with Gasteiger partial charge in [-0.3, -0.25) is 9.78 Å². The number of nitrogens with one attached hydrogen (secondary N) is 1. The molecular formula is C22H17N7OS. The molecule has 1 amide bonds. The summed E-state index contributed by atoms with van der Waals surface area (Å²) in [6, 6.07) is 15.0. The molecule has 3 N–H and O–H groups in total. The van der Waals surface area contributed by atoms with Gasteiger partial charge in [-0.05, 0) is 41.3 Å². The van der Waals surface area contributed by atoms with Crippen molar-refractivity contribution in [1.82, 2.24) is 24.9 Å². The zero-order valence-electron chi connectivity index (χ0n) is 16.3. The number of nitrogens with zero attached hydrogens (tertiary/aromatic N) is 5. The average Bonchev–Trinajstić information content (AvgIpc) is 3.41. The molecule has 4 heterocycles. The first kappa shape index (κ1) is 18.9. The molecule has 4 aromatic heterocycles. The molecule has 1 aromatic carbocycles. The largest absolute Gasteiger partial charge is 0.383 e. The molecule has 0 bridgehead atoms. The number of aromatic nitrogens is 4. The molecular weight excluding hydrogens is 410 g/mol. The van der Waals surface area contributed by atoms with Gasteiger partial charge in [0.25, 0.3) is 5.91 Å². The first-order valence-corrected chi connectivity index (χ1v) is 10.4. The van der Waals surface area contributed by atoms with Crippen LogP contribution in [0.2, 0.25) is 0 Å². The van der Waals surface area contributed by atoms with Gasteiger partial charge in [0.1, 0.15) is 16.9 Å². The number of thiophene rings is 1. The molecule has 31 heavy (non-hydrogen) atoms. The van der Waals surface area contributed by atoms with Crippen LogP contribution in [-0.2, 0) is 6.54 Å². The van der Waals surface area contributed by atoms with Crippen molar-refractivity contribution in [2.75, 3.05) is 5.73 Å². The van der Waals surface area contributed by atoms with E-state index >= 15 is 0 Å². The topological polar surface area (TPSA) is 111 Å². The molecule has 5 rings (SSSR count). The number of para-hydroxylation sites is 2. The lowest BCUT2D eigenvalue weighted by atomic mass is 10.2. The highest BCUT2D eigenvalue weighted by Gasteiger charge is 2.24. The van der Waals surface area contributed by atoms with Crippen LogP contribution < -0.4 is 11.1 Å². The molecule has 0 aliphatic heterocycles. The Hall–Kier alpha value is -4.11. The van der Waals surface area contributed by atoms with Gasteiger partial charge in [-0.15, -0.1) is 11.3 Å². The molecule has 0 radical (unpaired) electrons. The van der Waals surface area contributed by atoms with E-state index in [4.69, 9.17) is 5.73 Å². The first-order chi connectivity index (χ1) is 15.2. The zero-order chi connectivity index (χ0) is 21.2. The number of amides is 1. The fourth-order valence-corrected chi connectivity index (χ4v) is 3.88. The van der Waals surface area contributed by atoms with Crippen LogP contribution in [0.1, 0.15) is 20.8 Å². The van der Waals surface area contributed by atoms with E-state index in [1.54, 1.807) is 29.9 Å². The van der Waals surface area contributed by atoms with Crippen molar-refractivity contribution in [2.45, 2.75) is 6.54 Å². The lowest BCUT2D eigenvalue weighted by Crippen LogP contribution is -2.23. The second-order valence-corrected chi connectivity index (χ2v) is 7.78. The lowest BCUT2D eigenvalue weighted by Gasteiger charge is -2.04. The van der Waals surface area contributed by atoms with E-state index in [1.165, 1.54) is 4.68 Å². The van der Waals surface area contributed by atoms with Gasteiger partial charge in [0.15, 0.2) is 5.65 Å². The van der Waals surface area contributed by atoms with Crippen LogP contribution in [0.15, 0.2) is 71.4 Å². The third kappa shape index (κ3) is 3.62. The predicted octanol–water partition coefficient (Wildman–Crippen LogP) is 3.44. The van der Waals surface area contributed by atoms with Gasteiger partial charge in [0.2, 0.25) is 0 Å². The number of hydrogen-bond acceptors (Lipinski definition) is 7. The highest BCUT2D eigenvalue weighted by molar-refractivity contribution is 7.09. The van der Waals surface area contributed by atoms with E-state index in [0.717, 1.165) is 10.4 Å². The first-order valence-electron chi connectivity index (χ1n) is 9.52. The highest BCUT2D eigenvalue weighted by atomic mass is 32.1. The van der Waals surface area contributed by atoms with Crippen molar-refractivity contribution < 1.29 is 4.79 Å². The predicted molar refractivity (Wildman–Crippen MR) is 122 cm³/mol. The van der Waals surface area contributed by atoms with E-state index in [0.29, 0.717) is 28.7 Å². The number of nitrogens with two attached hydrogens (primary N) is 1. The molecule has 0 unspecified atom stereocenters. The maximum Gasteiger partial charge on any atom is 0.257 e. The smallest absolute Gasteiger partial charge is 0.257 e. The number of anilines is 1. The summed E-state index contributed by atoms with van der Waals surface area (Å²) in [5.74, 6) is -0.141. The minimum absolute atomic E-state index is 0.180. The van der Waals surface area contributed by atoms with Crippen LogP contribution in [0.25, 0.3) is 22.2 Å². The Kier molecular flexibility index (Phi) is 4.85. The summed E-state index contributed by atoms with van der Waals surface area (Å²) in [5.41, 5.74) is 9.69. The van der Waals surface area contributed by atoms with Crippen LogP contribution >= 0.6 is 11.3 Å². The molecule has 0 fully saturated rings. The summed E-state index contributed by atoms with van der Waals surface area (Å²) in [4.78, 5) is 27.5. The molecule has 152 valence electrons. The fraction of sp³-hybridized carbons (Fsp3) is 0.0455. The second-order valence-electron chi connectivity index (χ2n) is 6.74. The second kappa shape index (κ2) is 7.96. The van der Waals surface area contributed by atoms with E-state index in [9.17, 15) is 4.79 Å². The molecule has 0 spiro atoms. The van der Waals surface area contributed by atoms with E-state index in [-0.39, 0.29) is 17.3 Å². The Morgan fingerprint density at radius 1 is 1.10 bits per heavy atom. The third-order valence-corrected chi connectivity index (χ3v) is 5.61. The molecule has 0 aliphatic rings. The van der Waals surface area contributed by atoms with E-state index in [2.05, 4.69) is 25.4 Å².